The Kier molecular flexibility index (Phi) is 3.51. The molecule has 1 aliphatic rings. The molecule has 1 saturated heterocycles. The first-order valence-corrected chi connectivity index (χ1v) is 7.19. The van der Waals surface area contributed by atoms with Crippen LogP contribution in [0.15, 0.2) is 23.1 Å². The maximum absolute atomic E-state index is 12.4. The lowest BCUT2D eigenvalue weighted by Crippen LogP contribution is -2.36. The van der Waals surface area contributed by atoms with Gasteiger partial charge in [0.25, 0.3) is 10.0 Å². The van der Waals surface area contributed by atoms with Crippen molar-refractivity contribution in [3.63, 3.8) is 0 Å². The number of hydrogen-bond donors (Lipinski definition) is 0. The normalized spacial score (nSPS) is 18.2. The molecule has 0 N–H and O–H groups in total. The van der Waals surface area contributed by atoms with Crippen LogP contribution in [0.3, 0.4) is 0 Å². The summed E-state index contributed by atoms with van der Waals surface area (Å²) < 4.78 is 25.8. The number of nitrogens with zero attached hydrogens (tertiary/aromatic N) is 1. The van der Waals surface area contributed by atoms with Crippen LogP contribution in [0.2, 0.25) is 0 Å². The largest absolute Gasteiger partial charge is 0.284 e. The topological polar surface area (TPSA) is 46.6 Å². The van der Waals surface area contributed by atoms with Crippen LogP contribution in [0, 0.1) is 13.8 Å². The molecule has 0 bridgehead atoms. The summed E-state index contributed by atoms with van der Waals surface area (Å²) >= 11 is 0. The third kappa shape index (κ3) is 2.51. The van der Waals surface area contributed by atoms with Crippen LogP contribution in [-0.2, 0) is 14.9 Å². The van der Waals surface area contributed by atoms with Crippen molar-refractivity contribution >= 4 is 10.0 Å². The monoisotopic (exact) mass is 255 g/mol. The highest BCUT2D eigenvalue weighted by molar-refractivity contribution is 7.89. The first kappa shape index (κ1) is 12.5. The van der Waals surface area contributed by atoms with Gasteiger partial charge in [-0.3, -0.25) is 4.84 Å². The zero-order chi connectivity index (χ0) is 12.5. The smallest absolute Gasteiger partial charge is 0.265 e. The SMILES string of the molecule is Cc1ccc(C)c(S(=O)(=O)N2CCCCO2)c1. The Morgan fingerprint density at radius 2 is 2.00 bits per heavy atom. The van der Waals surface area contributed by atoms with E-state index in [2.05, 4.69) is 0 Å². The van der Waals surface area contributed by atoms with Gasteiger partial charge in [0, 0.05) is 6.54 Å². The van der Waals surface area contributed by atoms with E-state index in [-0.39, 0.29) is 0 Å². The molecule has 0 atom stereocenters. The fourth-order valence-corrected chi connectivity index (χ4v) is 3.47. The number of hydrogen-bond acceptors (Lipinski definition) is 3. The van der Waals surface area contributed by atoms with Gasteiger partial charge in [0.1, 0.15) is 0 Å². The van der Waals surface area contributed by atoms with E-state index in [9.17, 15) is 8.42 Å². The quantitative estimate of drug-likeness (QED) is 0.812. The Bertz CT molecular complexity index is 504. The van der Waals surface area contributed by atoms with E-state index in [4.69, 9.17) is 4.84 Å². The van der Waals surface area contributed by atoms with Gasteiger partial charge in [0.15, 0.2) is 0 Å². The first-order chi connectivity index (χ1) is 8.01. The van der Waals surface area contributed by atoms with Crippen molar-refractivity contribution in [1.29, 1.82) is 0 Å². The molecule has 0 aliphatic carbocycles. The van der Waals surface area contributed by atoms with Gasteiger partial charge in [0.2, 0.25) is 0 Å². The molecule has 1 fully saturated rings. The molecule has 0 saturated carbocycles. The second-order valence-electron chi connectivity index (χ2n) is 4.34. The summed E-state index contributed by atoms with van der Waals surface area (Å²) in [6, 6.07) is 5.43. The van der Waals surface area contributed by atoms with E-state index in [0.717, 1.165) is 28.4 Å². The molecular formula is C12H17NO3S. The Labute approximate surface area is 102 Å². The predicted octanol–water partition coefficient (Wildman–Crippen LogP) is 2.02. The van der Waals surface area contributed by atoms with Crippen molar-refractivity contribution < 1.29 is 13.3 Å². The minimum atomic E-state index is -3.50. The average molecular weight is 255 g/mol. The molecule has 17 heavy (non-hydrogen) atoms. The van der Waals surface area contributed by atoms with Crippen LogP contribution < -0.4 is 0 Å². The summed E-state index contributed by atoms with van der Waals surface area (Å²) in [6.45, 7) is 4.60. The van der Waals surface area contributed by atoms with Crippen molar-refractivity contribution in [2.75, 3.05) is 13.2 Å². The summed E-state index contributed by atoms with van der Waals surface area (Å²) in [4.78, 5) is 5.58. The molecule has 0 spiro atoms. The molecule has 0 unspecified atom stereocenters. The van der Waals surface area contributed by atoms with Crippen LogP contribution in [0.5, 0.6) is 0 Å². The highest BCUT2D eigenvalue weighted by atomic mass is 32.2. The van der Waals surface area contributed by atoms with E-state index < -0.39 is 10.0 Å². The van der Waals surface area contributed by atoms with Crippen LogP contribution in [-0.4, -0.2) is 26.0 Å². The summed E-state index contributed by atoms with van der Waals surface area (Å²) in [5.74, 6) is 0. The van der Waals surface area contributed by atoms with E-state index in [0.29, 0.717) is 18.0 Å². The standard InChI is InChI=1S/C12H17NO3S/c1-10-5-6-11(2)12(9-10)17(14,15)13-7-3-4-8-16-13/h5-6,9H,3-4,7-8H2,1-2H3. The maximum Gasteiger partial charge on any atom is 0.265 e. The number of benzene rings is 1. The molecule has 1 aromatic carbocycles. The molecule has 0 radical (unpaired) electrons. The van der Waals surface area contributed by atoms with Crippen molar-refractivity contribution in [2.45, 2.75) is 31.6 Å². The lowest BCUT2D eigenvalue weighted by molar-refractivity contribution is -0.108. The predicted molar refractivity (Wildman–Crippen MR) is 65.0 cm³/mol. The Hall–Kier alpha value is -0.910. The first-order valence-electron chi connectivity index (χ1n) is 5.75. The average Bonchev–Trinajstić information content (AvgIpc) is 2.33. The molecule has 0 aromatic heterocycles. The van der Waals surface area contributed by atoms with Gasteiger partial charge >= 0.3 is 0 Å². The third-order valence-corrected chi connectivity index (χ3v) is 4.68. The van der Waals surface area contributed by atoms with Gasteiger partial charge in [-0.25, -0.2) is 8.42 Å². The number of aryl methyl sites for hydroxylation is 2. The van der Waals surface area contributed by atoms with Gasteiger partial charge in [-0.2, -0.15) is 0 Å². The number of sulfonamides is 1. The molecule has 0 amide bonds. The second-order valence-corrected chi connectivity index (χ2v) is 6.14. The third-order valence-electron chi connectivity index (χ3n) is 2.86. The molecule has 1 heterocycles. The highest BCUT2D eigenvalue weighted by Gasteiger charge is 2.28. The van der Waals surface area contributed by atoms with Crippen molar-refractivity contribution in [2.24, 2.45) is 0 Å². The number of hydroxylamine groups is 1. The number of rotatable bonds is 2. The molecule has 1 aromatic rings. The van der Waals surface area contributed by atoms with Gasteiger partial charge in [-0.05, 0) is 43.9 Å². The van der Waals surface area contributed by atoms with Crippen molar-refractivity contribution in [3.05, 3.63) is 29.3 Å². The zero-order valence-electron chi connectivity index (χ0n) is 10.1. The summed E-state index contributed by atoms with van der Waals surface area (Å²) in [6.07, 6.45) is 1.77. The minimum absolute atomic E-state index is 0.347. The summed E-state index contributed by atoms with van der Waals surface area (Å²) in [5, 5.41) is 0. The van der Waals surface area contributed by atoms with E-state index in [1.165, 1.54) is 0 Å². The molecule has 1 aliphatic heterocycles. The molecule has 5 heteroatoms. The van der Waals surface area contributed by atoms with Crippen LogP contribution in [0.25, 0.3) is 0 Å². The van der Waals surface area contributed by atoms with Crippen molar-refractivity contribution in [1.82, 2.24) is 4.47 Å². The second kappa shape index (κ2) is 4.76. The van der Waals surface area contributed by atoms with Gasteiger partial charge in [-0.15, -0.1) is 0 Å². The van der Waals surface area contributed by atoms with E-state index >= 15 is 0 Å². The fraction of sp³-hybridized carbons (Fsp3) is 0.500. The maximum atomic E-state index is 12.4. The summed E-state index contributed by atoms with van der Waals surface area (Å²) in [7, 11) is -3.50. The Morgan fingerprint density at radius 3 is 2.65 bits per heavy atom. The lowest BCUT2D eigenvalue weighted by atomic mass is 10.2. The van der Waals surface area contributed by atoms with E-state index in [1.54, 1.807) is 13.0 Å². The van der Waals surface area contributed by atoms with Gasteiger partial charge in [-0.1, -0.05) is 16.6 Å². The fourth-order valence-electron chi connectivity index (χ4n) is 1.86. The molecule has 4 nitrogen and oxygen atoms in total. The van der Waals surface area contributed by atoms with Gasteiger partial charge in [0.05, 0.1) is 11.5 Å². The molecule has 94 valence electrons. The van der Waals surface area contributed by atoms with E-state index in [1.807, 2.05) is 19.1 Å². The van der Waals surface area contributed by atoms with Crippen LogP contribution >= 0.6 is 0 Å². The van der Waals surface area contributed by atoms with Gasteiger partial charge < -0.3 is 0 Å². The van der Waals surface area contributed by atoms with Crippen LogP contribution in [0.4, 0.5) is 0 Å². The molecular weight excluding hydrogens is 238 g/mol. The molecule has 2 rings (SSSR count). The zero-order valence-corrected chi connectivity index (χ0v) is 11.0. The minimum Gasteiger partial charge on any atom is -0.284 e. The summed E-state index contributed by atoms with van der Waals surface area (Å²) in [5.41, 5.74) is 1.69. The lowest BCUT2D eigenvalue weighted by Gasteiger charge is -2.25. The highest BCUT2D eigenvalue weighted by Crippen LogP contribution is 2.23. The van der Waals surface area contributed by atoms with Crippen LogP contribution in [0.1, 0.15) is 24.0 Å². The Balaban J connectivity index is 2.40. The van der Waals surface area contributed by atoms with Crippen molar-refractivity contribution in [3.8, 4) is 0 Å². The Morgan fingerprint density at radius 1 is 1.24 bits per heavy atom.